The molecular weight excluding hydrogens is 231 g/mol. The molecule has 1 rings (SSSR count). The highest BCUT2D eigenvalue weighted by Gasteiger charge is 2.45. The third-order valence-corrected chi connectivity index (χ3v) is 2.43. The van der Waals surface area contributed by atoms with E-state index in [1.807, 2.05) is 0 Å². The molecule has 1 aliphatic rings. The van der Waals surface area contributed by atoms with E-state index in [1.54, 1.807) is 0 Å². The molecule has 0 spiro atoms. The largest absolute Gasteiger partial charge is 0.481 e. The average molecular weight is 241 g/mol. The molecule has 0 radical (unpaired) electrons. The Labute approximate surface area is 88.5 Å². The van der Waals surface area contributed by atoms with Crippen LogP contribution in [0.5, 0.6) is 0 Å². The van der Waals surface area contributed by atoms with Gasteiger partial charge in [-0.25, -0.2) is 0 Å². The SMILES string of the molecule is O=C(O)[C@H]1CCN(C(=O)C(F)(F)F)C[C@H]1O. The van der Waals surface area contributed by atoms with Gasteiger partial charge < -0.3 is 15.1 Å². The van der Waals surface area contributed by atoms with E-state index < -0.39 is 36.6 Å². The Bertz CT molecular complexity index is 304. The van der Waals surface area contributed by atoms with Crippen molar-refractivity contribution in [1.82, 2.24) is 4.90 Å². The van der Waals surface area contributed by atoms with Gasteiger partial charge in [0, 0.05) is 13.1 Å². The van der Waals surface area contributed by atoms with Gasteiger partial charge >= 0.3 is 18.1 Å². The third-order valence-electron chi connectivity index (χ3n) is 2.43. The first kappa shape index (κ1) is 12.8. The first-order chi connectivity index (χ1) is 7.23. The van der Waals surface area contributed by atoms with Crippen molar-refractivity contribution in [3.05, 3.63) is 0 Å². The van der Waals surface area contributed by atoms with Crippen LogP contribution in [0.3, 0.4) is 0 Å². The summed E-state index contributed by atoms with van der Waals surface area (Å²) in [7, 11) is 0. The van der Waals surface area contributed by atoms with Crippen LogP contribution in [0.1, 0.15) is 6.42 Å². The van der Waals surface area contributed by atoms with Gasteiger partial charge in [0.25, 0.3) is 0 Å². The van der Waals surface area contributed by atoms with Crippen LogP contribution in [0.25, 0.3) is 0 Å². The van der Waals surface area contributed by atoms with Crippen molar-refractivity contribution in [2.24, 2.45) is 5.92 Å². The van der Waals surface area contributed by atoms with E-state index in [4.69, 9.17) is 5.11 Å². The van der Waals surface area contributed by atoms with Gasteiger partial charge in [0.1, 0.15) is 0 Å². The Balaban J connectivity index is 2.65. The lowest BCUT2D eigenvalue weighted by Gasteiger charge is -2.34. The summed E-state index contributed by atoms with van der Waals surface area (Å²) >= 11 is 0. The average Bonchev–Trinajstić information content (AvgIpc) is 2.14. The highest BCUT2D eigenvalue weighted by molar-refractivity contribution is 5.82. The van der Waals surface area contributed by atoms with E-state index in [1.165, 1.54) is 0 Å². The molecule has 5 nitrogen and oxygen atoms in total. The fraction of sp³-hybridized carbons (Fsp3) is 0.750. The van der Waals surface area contributed by atoms with Crippen LogP contribution in [0.15, 0.2) is 0 Å². The van der Waals surface area contributed by atoms with Crippen LogP contribution in [0.2, 0.25) is 0 Å². The van der Waals surface area contributed by atoms with E-state index in [9.17, 15) is 27.9 Å². The van der Waals surface area contributed by atoms with Gasteiger partial charge in [0.15, 0.2) is 0 Å². The number of carboxylic acids is 1. The second kappa shape index (κ2) is 4.28. The van der Waals surface area contributed by atoms with Crippen molar-refractivity contribution in [3.63, 3.8) is 0 Å². The molecule has 16 heavy (non-hydrogen) atoms. The number of piperidine rings is 1. The predicted molar refractivity (Wildman–Crippen MR) is 44.4 cm³/mol. The Kier molecular flexibility index (Phi) is 3.41. The minimum absolute atomic E-state index is 0.182. The molecule has 0 saturated carbocycles. The first-order valence-corrected chi connectivity index (χ1v) is 4.50. The first-order valence-electron chi connectivity index (χ1n) is 4.50. The molecule has 1 amide bonds. The van der Waals surface area contributed by atoms with Crippen molar-refractivity contribution in [3.8, 4) is 0 Å². The van der Waals surface area contributed by atoms with Crippen LogP contribution in [-0.2, 0) is 9.59 Å². The Morgan fingerprint density at radius 2 is 1.88 bits per heavy atom. The van der Waals surface area contributed by atoms with E-state index in [0.29, 0.717) is 4.90 Å². The van der Waals surface area contributed by atoms with Crippen molar-refractivity contribution in [2.45, 2.75) is 18.7 Å². The van der Waals surface area contributed by atoms with Crippen LogP contribution >= 0.6 is 0 Å². The number of aliphatic hydroxyl groups is 1. The second-order valence-corrected chi connectivity index (χ2v) is 3.55. The Morgan fingerprint density at radius 1 is 1.31 bits per heavy atom. The number of hydrogen-bond acceptors (Lipinski definition) is 3. The number of alkyl halides is 3. The molecule has 2 atom stereocenters. The molecule has 2 N–H and O–H groups in total. The number of aliphatic hydroxyl groups excluding tert-OH is 1. The number of β-amino-alcohol motifs (C(OH)–C–C–N with tert-alkyl or cyclic N) is 1. The van der Waals surface area contributed by atoms with Gasteiger partial charge in [-0.05, 0) is 6.42 Å². The van der Waals surface area contributed by atoms with Crippen LogP contribution in [-0.4, -0.2) is 52.4 Å². The molecule has 8 heteroatoms. The molecular formula is C8H10F3NO4. The fourth-order valence-corrected chi connectivity index (χ4v) is 1.58. The summed E-state index contributed by atoms with van der Waals surface area (Å²) < 4.78 is 36.1. The van der Waals surface area contributed by atoms with Gasteiger partial charge in [-0.3, -0.25) is 9.59 Å². The smallest absolute Gasteiger partial charge is 0.471 e. The number of rotatable bonds is 1. The summed E-state index contributed by atoms with van der Waals surface area (Å²) in [5.41, 5.74) is 0. The third kappa shape index (κ3) is 2.63. The summed E-state index contributed by atoms with van der Waals surface area (Å²) in [6, 6.07) is 0. The van der Waals surface area contributed by atoms with Gasteiger partial charge in [-0.1, -0.05) is 0 Å². The number of carbonyl (C=O) groups excluding carboxylic acids is 1. The van der Waals surface area contributed by atoms with Crippen molar-refractivity contribution < 1.29 is 33.0 Å². The van der Waals surface area contributed by atoms with Gasteiger partial charge in [0.05, 0.1) is 12.0 Å². The van der Waals surface area contributed by atoms with Crippen molar-refractivity contribution >= 4 is 11.9 Å². The minimum Gasteiger partial charge on any atom is -0.481 e. The summed E-state index contributed by atoms with van der Waals surface area (Å²) in [5.74, 6) is -4.43. The molecule has 0 aromatic carbocycles. The number of halogens is 3. The number of aliphatic carboxylic acids is 1. The number of likely N-dealkylation sites (tertiary alicyclic amines) is 1. The zero-order valence-electron chi connectivity index (χ0n) is 8.07. The lowest BCUT2D eigenvalue weighted by Crippen LogP contribution is -2.52. The zero-order chi connectivity index (χ0) is 12.5. The number of carbonyl (C=O) groups is 2. The monoisotopic (exact) mass is 241 g/mol. The van der Waals surface area contributed by atoms with Crippen LogP contribution in [0.4, 0.5) is 13.2 Å². The minimum atomic E-state index is -4.99. The maximum Gasteiger partial charge on any atom is 0.471 e. The van der Waals surface area contributed by atoms with E-state index in [-0.39, 0.29) is 13.0 Å². The molecule has 1 heterocycles. The molecule has 1 aliphatic heterocycles. The summed E-state index contributed by atoms with van der Waals surface area (Å²) in [5, 5.41) is 17.9. The van der Waals surface area contributed by atoms with E-state index >= 15 is 0 Å². The standard InChI is InChI=1S/C8H10F3NO4/c9-8(10,11)7(16)12-2-1-4(6(14)15)5(13)3-12/h4-5,13H,1-3H2,(H,14,15)/t4-,5+/m0/s1. The molecule has 1 fully saturated rings. The number of nitrogens with zero attached hydrogens (tertiary/aromatic N) is 1. The quantitative estimate of drug-likeness (QED) is 0.668. The summed E-state index contributed by atoms with van der Waals surface area (Å²) in [6.45, 7) is -0.915. The van der Waals surface area contributed by atoms with Gasteiger partial charge in [-0.15, -0.1) is 0 Å². The number of carboxylic acid groups (broad SMARTS) is 1. The predicted octanol–water partition coefficient (Wildman–Crippen LogP) is -0.157. The van der Waals surface area contributed by atoms with Crippen LogP contribution in [0, 0.1) is 5.92 Å². The normalized spacial score (nSPS) is 26.6. The maximum atomic E-state index is 12.0. The van der Waals surface area contributed by atoms with Crippen molar-refractivity contribution in [2.75, 3.05) is 13.1 Å². The highest BCUT2D eigenvalue weighted by atomic mass is 19.4. The van der Waals surface area contributed by atoms with Gasteiger partial charge in [0.2, 0.25) is 0 Å². The second-order valence-electron chi connectivity index (χ2n) is 3.55. The summed E-state index contributed by atoms with van der Waals surface area (Å²) in [6.07, 6.45) is -6.63. The van der Waals surface area contributed by atoms with Crippen LogP contribution < -0.4 is 0 Å². The van der Waals surface area contributed by atoms with Gasteiger partial charge in [-0.2, -0.15) is 13.2 Å². The Hall–Kier alpha value is -1.31. The molecule has 0 aromatic heterocycles. The molecule has 0 bridgehead atoms. The molecule has 1 saturated heterocycles. The Morgan fingerprint density at radius 3 is 2.25 bits per heavy atom. The summed E-state index contributed by atoms with van der Waals surface area (Å²) in [4.78, 5) is 21.8. The number of amides is 1. The van der Waals surface area contributed by atoms with E-state index in [2.05, 4.69) is 0 Å². The molecule has 0 aliphatic carbocycles. The number of hydrogen-bond donors (Lipinski definition) is 2. The van der Waals surface area contributed by atoms with E-state index in [0.717, 1.165) is 0 Å². The maximum absolute atomic E-state index is 12.0. The lowest BCUT2D eigenvalue weighted by atomic mass is 9.94. The zero-order valence-corrected chi connectivity index (χ0v) is 8.07. The van der Waals surface area contributed by atoms with Crippen molar-refractivity contribution in [1.29, 1.82) is 0 Å². The fourth-order valence-electron chi connectivity index (χ4n) is 1.58. The lowest BCUT2D eigenvalue weighted by molar-refractivity contribution is -0.189. The molecule has 92 valence electrons. The topological polar surface area (TPSA) is 77.8 Å². The highest BCUT2D eigenvalue weighted by Crippen LogP contribution is 2.24. The molecule has 0 aromatic rings. The molecule has 0 unspecified atom stereocenters.